The molecule has 0 spiro atoms. The molecule has 11 heavy (non-hydrogen) atoms. The summed E-state index contributed by atoms with van der Waals surface area (Å²) < 4.78 is 1.19. The summed E-state index contributed by atoms with van der Waals surface area (Å²) in [5.74, 6) is 0.821. The third-order valence-corrected chi connectivity index (χ3v) is 1.98. The largest absolute Gasteiger partial charge is 0.328 e. The van der Waals surface area contributed by atoms with Gasteiger partial charge in [-0.3, -0.25) is 0 Å². The molecule has 0 unspecified atom stereocenters. The van der Waals surface area contributed by atoms with Gasteiger partial charge in [-0.2, -0.15) is 0 Å². The molecule has 1 nitrogen and oxygen atoms in total. The van der Waals surface area contributed by atoms with Crippen LogP contribution in [0.1, 0.15) is 33.6 Å². The topological polar surface area (TPSA) is 0 Å². The van der Waals surface area contributed by atoms with E-state index in [1.165, 1.54) is 30.4 Å². The van der Waals surface area contributed by atoms with Crippen LogP contribution >= 0.6 is 0 Å². The van der Waals surface area contributed by atoms with Crippen molar-refractivity contribution in [3.63, 3.8) is 0 Å². The smallest absolute Gasteiger partial charge is 0.0805 e. The van der Waals surface area contributed by atoms with Gasteiger partial charge in [-0.15, -0.1) is 0 Å². The Morgan fingerprint density at radius 2 is 1.73 bits per heavy atom. The lowest BCUT2D eigenvalue weighted by Gasteiger charge is -2.31. The lowest BCUT2D eigenvalue weighted by Crippen LogP contribution is -2.43. The summed E-state index contributed by atoms with van der Waals surface area (Å²) in [6, 6.07) is 0. The van der Waals surface area contributed by atoms with Gasteiger partial charge in [0.2, 0.25) is 0 Å². The molecule has 0 atom stereocenters. The Morgan fingerprint density at radius 1 is 1.18 bits per heavy atom. The van der Waals surface area contributed by atoms with Crippen molar-refractivity contribution in [2.24, 2.45) is 5.92 Å². The van der Waals surface area contributed by atoms with Crippen LogP contribution in [0.5, 0.6) is 0 Å². The van der Waals surface area contributed by atoms with Gasteiger partial charge in [-0.05, 0) is 6.42 Å². The van der Waals surface area contributed by atoms with Crippen molar-refractivity contribution in [1.82, 2.24) is 0 Å². The molecule has 0 N–H and O–H groups in total. The molecule has 1 heteroatoms. The first-order valence-electron chi connectivity index (χ1n) is 4.80. The summed E-state index contributed by atoms with van der Waals surface area (Å²) in [6.45, 7) is 9.49. The van der Waals surface area contributed by atoms with Crippen molar-refractivity contribution >= 4 is 0 Å². The summed E-state index contributed by atoms with van der Waals surface area (Å²) in [5.41, 5.74) is 0. The fraction of sp³-hybridized carbons (Fsp3) is 1.00. The summed E-state index contributed by atoms with van der Waals surface area (Å²) in [6.07, 6.45) is 2.68. The van der Waals surface area contributed by atoms with Gasteiger partial charge in [0.25, 0.3) is 0 Å². The van der Waals surface area contributed by atoms with E-state index in [9.17, 15) is 0 Å². The van der Waals surface area contributed by atoms with Crippen LogP contribution in [0.3, 0.4) is 0 Å². The second kappa shape index (κ2) is 4.76. The third kappa shape index (κ3) is 6.36. The fourth-order valence-corrected chi connectivity index (χ4v) is 1.67. The minimum atomic E-state index is 0.821. The third-order valence-electron chi connectivity index (χ3n) is 1.98. The molecule has 68 valence electrons. The lowest BCUT2D eigenvalue weighted by molar-refractivity contribution is -0.893. The van der Waals surface area contributed by atoms with E-state index in [2.05, 4.69) is 34.9 Å². The second-order valence-corrected chi connectivity index (χ2v) is 4.59. The van der Waals surface area contributed by atoms with Crippen LogP contribution in [0.4, 0.5) is 0 Å². The second-order valence-electron chi connectivity index (χ2n) is 4.59. The van der Waals surface area contributed by atoms with Crippen LogP contribution in [0.15, 0.2) is 0 Å². The van der Waals surface area contributed by atoms with Crippen LogP contribution in [-0.2, 0) is 0 Å². The van der Waals surface area contributed by atoms with Crippen LogP contribution in [-0.4, -0.2) is 31.7 Å². The molecule has 0 rings (SSSR count). The van der Waals surface area contributed by atoms with Crippen LogP contribution < -0.4 is 0 Å². The Bertz CT molecular complexity index is 95.0. The van der Waals surface area contributed by atoms with Gasteiger partial charge in [-0.25, -0.2) is 0 Å². The van der Waals surface area contributed by atoms with Crippen LogP contribution in [0, 0.1) is 5.92 Å². The molecule has 0 bridgehead atoms. The zero-order chi connectivity index (χ0) is 8.91. The van der Waals surface area contributed by atoms with E-state index in [0.29, 0.717) is 0 Å². The minimum Gasteiger partial charge on any atom is -0.328 e. The number of rotatable bonds is 5. The van der Waals surface area contributed by atoms with Crippen LogP contribution in [0.2, 0.25) is 0 Å². The lowest BCUT2D eigenvalue weighted by atomic mass is 10.2. The first kappa shape index (κ1) is 11.0. The minimum absolute atomic E-state index is 0.821. The highest BCUT2D eigenvalue weighted by Gasteiger charge is 2.15. The first-order chi connectivity index (χ1) is 4.98. The molecule has 0 radical (unpaired) electrons. The van der Waals surface area contributed by atoms with Crippen molar-refractivity contribution in [3.05, 3.63) is 0 Å². The molecular weight excluding hydrogens is 134 g/mol. The molecule has 0 amide bonds. The number of quaternary nitrogens is 1. The SMILES string of the molecule is CCCC[N+](C)(C)CC(C)C. The van der Waals surface area contributed by atoms with E-state index in [-0.39, 0.29) is 0 Å². The Hall–Kier alpha value is -0.0400. The van der Waals surface area contributed by atoms with Crippen molar-refractivity contribution in [2.45, 2.75) is 33.6 Å². The molecule has 0 saturated carbocycles. The van der Waals surface area contributed by atoms with Gasteiger partial charge in [0.1, 0.15) is 0 Å². The standard InChI is InChI=1S/C10H24N/c1-6-7-8-11(4,5)9-10(2)3/h10H,6-9H2,1-5H3/q+1. The Balaban J connectivity index is 3.61. The van der Waals surface area contributed by atoms with E-state index in [1.807, 2.05) is 0 Å². The number of hydrogen-bond donors (Lipinski definition) is 0. The van der Waals surface area contributed by atoms with Gasteiger partial charge in [0.15, 0.2) is 0 Å². The van der Waals surface area contributed by atoms with Crippen molar-refractivity contribution in [2.75, 3.05) is 27.2 Å². The van der Waals surface area contributed by atoms with Gasteiger partial charge in [0, 0.05) is 5.92 Å². The fourth-order valence-electron chi connectivity index (χ4n) is 1.67. The van der Waals surface area contributed by atoms with Crippen molar-refractivity contribution in [3.8, 4) is 0 Å². The average Bonchev–Trinajstić information content (AvgIpc) is 1.81. The summed E-state index contributed by atoms with van der Waals surface area (Å²) >= 11 is 0. The molecule has 0 aliphatic heterocycles. The average molecular weight is 158 g/mol. The maximum absolute atomic E-state index is 2.33. The monoisotopic (exact) mass is 158 g/mol. The maximum atomic E-state index is 2.33. The van der Waals surface area contributed by atoms with Crippen molar-refractivity contribution < 1.29 is 4.48 Å². The summed E-state index contributed by atoms with van der Waals surface area (Å²) in [7, 11) is 4.66. The Labute approximate surface area is 72.0 Å². The number of nitrogens with zero attached hydrogens (tertiary/aromatic N) is 1. The van der Waals surface area contributed by atoms with Gasteiger partial charge in [-0.1, -0.05) is 27.2 Å². The van der Waals surface area contributed by atoms with E-state index in [1.54, 1.807) is 0 Å². The molecule has 0 heterocycles. The van der Waals surface area contributed by atoms with E-state index >= 15 is 0 Å². The highest BCUT2D eigenvalue weighted by Crippen LogP contribution is 2.06. The van der Waals surface area contributed by atoms with E-state index in [0.717, 1.165) is 5.92 Å². The highest BCUT2D eigenvalue weighted by atomic mass is 15.3. The highest BCUT2D eigenvalue weighted by molar-refractivity contribution is 4.42. The normalized spacial score (nSPS) is 12.5. The molecular formula is C10H24N+. The summed E-state index contributed by atoms with van der Waals surface area (Å²) in [5, 5.41) is 0. The zero-order valence-electron chi connectivity index (χ0n) is 8.85. The van der Waals surface area contributed by atoms with Gasteiger partial charge in [0.05, 0.1) is 27.2 Å². The molecule has 0 aromatic heterocycles. The molecule has 0 fully saturated rings. The van der Waals surface area contributed by atoms with Crippen LogP contribution in [0.25, 0.3) is 0 Å². The van der Waals surface area contributed by atoms with Crippen molar-refractivity contribution in [1.29, 1.82) is 0 Å². The Morgan fingerprint density at radius 3 is 2.09 bits per heavy atom. The predicted molar refractivity (Wildman–Crippen MR) is 51.6 cm³/mol. The Kier molecular flexibility index (Phi) is 4.74. The van der Waals surface area contributed by atoms with E-state index < -0.39 is 0 Å². The number of hydrogen-bond acceptors (Lipinski definition) is 0. The van der Waals surface area contributed by atoms with Gasteiger partial charge < -0.3 is 4.48 Å². The quantitative estimate of drug-likeness (QED) is 0.539. The predicted octanol–water partition coefficient (Wildman–Crippen LogP) is 2.52. The molecule has 0 aromatic rings. The molecule has 0 aliphatic rings. The molecule has 0 saturated heterocycles. The molecule has 0 aromatic carbocycles. The van der Waals surface area contributed by atoms with E-state index in [4.69, 9.17) is 0 Å². The number of unbranched alkanes of at least 4 members (excludes halogenated alkanes) is 1. The summed E-state index contributed by atoms with van der Waals surface area (Å²) in [4.78, 5) is 0. The van der Waals surface area contributed by atoms with Gasteiger partial charge >= 0.3 is 0 Å². The maximum Gasteiger partial charge on any atom is 0.0805 e. The zero-order valence-corrected chi connectivity index (χ0v) is 8.85. The first-order valence-corrected chi connectivity index (χ1v) is 4.80. The molecule has 0 aliphatic carbocycles.